The highest BCUT2D eigenvalue weighted by atomic mass is 16.5. The second-order valence-electron chi connectivity index (χ2n) is 3.60. The molecule has 0 aliphatic carbocycles. The molecule has 0 saturated heterocycles. The van der Waals surface area contributed by atoms with E-state index in [1.165, 1.54) is 6.34 Å². The molecular weight excluding hydrogens is 228 g/mol. The minimum Gasteiger partial charge on any atom is -0.497 e. The zero-order chi connectivity index (χ0) is 13.4. The SMILES string of the molecule is C=NN(Cc1ccc(OC)cc1)C(C)=NC=NC. The van der Waals surface area contributed by atoms with Crippen molar-refractivity contribution in [2.45, 2.75) is 13.5 Å². The second-order valence-corrected chi connectivity index (χ2v) is 3.60. The van der Waals surface area contributed by atoms with Crippen LogP contribution < -0.4 is 4.74 Å². The molecule has 0 saturated carbocycles. The average Bonchev–Trinajstić information content (AvgIpc) is 2.42. The van der Waals surface area contributed by atoms with Gasteiger partial charge in [0.05, 0.1) is 13.7 Å². The lowest BCUT2D eigenvalue weighted by molar-refractivity contribution is 0.413. The lowest BCUT2D eigenvalue weighted by Gasteiger charge is -2.17. The fourth-order valence-electron chi connectivity index (χ4n) is 1.38. The number of benzene rings is 1. The summed E-state index contributed by atoms with van der Waals surface area (Å²) in [5.74, 6) is 1.58. The van der Waals surface area contributed by atoms with Gasteiger partial charge in [-0.1, -0.05) is 12.1 Å². The van der Waals surface area contributed by atoms with Crippen LogP contribution in [0.25, 0.3) is 0 Å². The molecule has 0 N–H and O–H groups in total. The third-order valence-electron chi connectivity index (χ3n) is 2.40. The van der Waals surface area contributed by atoms with Crippen molar-refractivity contribution in [3.8, 4) is 5.75 Å². The first kappa shape index (κ1) is 13.9. The standard InChI is InChI=1S/C13H18N4O/c1-11(16-10-14-2)17(15-3)9-12-5-7-13(18-4)8-6-12/h5-8,10H,3,9H2,1-2,4H3. The van der Waals surface area contributed by atoms with E-state index in [2.05, 4.69) is 21.8 Å². The zero-order valence-corrected chi connectivity index (χ0v) is 11.0. The van der Waals surface area contributed by atoms with Gasteiger partial charge in [-0.3, -0.25) is 4.99 Å². The fourth-order valence-corrected chi connectivity index (χ4v) is 1.38. The maximum Gasteiger partial charge on any atom is 0.124 e. The highest BCUT2D eigenvalue weighted by Gasteiger charge is 2.05. The van der Waals surface area contributed by atoms with Gasteiger partial charge in [-0.05, 0) is 24.6 Å². The number of aliphatic imine (C=N–C) groups is 2. The number of hydrogen-bond donors (Lipinski definition) is 0. The molecule has 18 heavy (non-hydrogen) atoms. The smallest absolute Gasteiger partial charge is 0.124 e. The van der Waals surface area contributed by atoms with Crippen molar-refractivity contribution in [3.05, 3.63) is 29.8 Å². The van der Waals surface area contributed by atoms with Crippen molar-refractivity contribution >= 4 is 18.9 Å². The van der Waals surface area contributed by atoms with E-state index in [4.69, 9.17) is 4.74 Å². The van der Waals surface area contributed by atoms with E-state index in [1.807, 2.05) is 31.2 Å². The molecule has 0 heterocycles. The molecule has 0 aliphatic rings. The van der Waals surface area contributed by atoms with Crippen LogP contribution in [0.1, 0.15) is 12.5 Å². The Morgan fingerprint density at radius 1 is 1.39 bits per heavy atom. The van der Waals surface area contributed by atoms with Crippen LogP contribution in [0.15, 0.2) is 39.4 Å². The Morgan fingerprint density at radius 2 is 2.06 bits per heavy atom. The molecule has 0 radical (unpaired) electrons. The monoisotopic (exact) mass is 246 g/mol. The lowest BCUT2D eigenvalue weighted by Crippen LogP contribution is -2.22. The quantitative estimate of drug-likeness (QED) is 0.454. The zero-order valence-electron chi connectivity index (χ0n) is 11.0. The predicted molar refractivity (Wildman–Crippen MR) is 75.6 cm³/mol. The summed E-state index contributed by atoms with van der Waals surface area (Å²) in [5, 5.41) is 5.65. The third-order valence-corrected chi connectivity index (χ3v) is 2.40. The van der Waals surface area contributed by atoms with Crippen molar-refractivity contribution < 1.29 is 4.74 Å². The van der Waals surface area contributed by atoms with E-state index in [1.54, 1.807) is 19.2 Å². The van der Waals surface area contributed by atoms with Crippen LogP contribution in [0, 0.1) is 0 Å². The molecule has 0 aliphatic heterocycles. The maximum absolute atomic E-state index is 5.11. The lowest BCUT2D eigenvalue weighted by atomic mass is 10.2. The number of methoxy groups -OCH3 is 1. The van der Waals surface area contributed by atoms with Crippen molar-refractivity contribution in [1.82, 2.24) is 5.01 Å². The topological polar surface area (TPSA) is 49.5 Å². The summed E-state index contributed by atoms with van der Waals surface area (Å²) in [5.41, 5.74) is 1.10. The molecule has 5 nitrogen and oxygen atoms in total. The molecule has 0 amide bonds. The number of hydrazone groups is 1. The Kier molecular flexibility index (Phi) is 5.57. The minimum atomic E-state index is 0.611. The van der Waals surface area contributed by atoms with Crippen molar-refractivity contribution in [3.63, 3.8) is 0 Å². The Bertz CT molecular complexity index is 437. The number of hydrogen-bond acceptors (Lipinski definition) is 3. The molecule has 96 valence electrons. The Labute approximate surface area is 108 Å². The van der Waals surface area contributed by atoms with E-state index in [0.29, 0.717) is 6.54 Å². The number of amidine groups is 1. The fraction of sp³-hybridized carbons (Fsp3) is 0.308. The van der Waals surface area contributed by atoms with Gasteiger partial charge in [0.15, 0.2) is 0 Å². The summed E-state index contributed by atoms with van der Waals surface area (Å²) < 4.78 is 5.11. The summed E-state index contributed by atoms with van der Waals surface area (Å²) in [7, 11) is 3.32. The summed E-state index contributed by atoms with van der Waals surface area (Å²) in [4.78, 5) is 7.94. The Morgan fingerprint density at radius 3 is 2.56 bits per heavy atom. The van der Waals surface area contributed by atoms with Gasteiger partial charge in [-0.25, -0.2) is 10.0 Å². The van der Waals surface area contributed by atoms with Gasteiger partial charge >= 0.3 is 0 Å². The number of rotatable bonds is 5. The van der Waals surface area contributed by atoms with Gasteiger partial charge in [0, 0.05) is 13.8 Å². The normalized spacial score (nSPS) is 11.6. The minimum absolute atomic E-state index is 0.611. The highest BCUT2D eigenvalue weighted by Crippen LogP contribution is 2.13. The first-order valence-corrected chi connectivity index (χ1v) is 5.53. The van der Waals surface area contributed by atoms with Crippen LogP contribution in [-0.2, 0) is 6.54 Å². The molecule has 0 fully saturated rings. The van der Waals surface area contributed by atoms with E-state index in [-0.39, 0.29) is 0 Å². The highest BCUT2D eigenvalue weighted by molar-refractivity contribution is 5.86. The maximum atomic E-state index is 5.11. The van der Waals surface area contributed by atoms with E-state index in [9.17, 15) is 0 Å². The number of ether oxygens (including phenoxy) is 1. The van der Waals surface area contributed by atoms with Gasteiger partial charge in [0.25, 0.3) is 0 Å². The molecular formula is C13H18N4O. The first-order chi connectivity index (χ1) is 8.71. The average molecular weight is 246 g/mol. The Hall–Kier alpha value is -2.17. The molecule has 0 spiro atoms. The third kappa shape index (κ3) is 4.01. The predicted octanol–water partition coefficient (Wildman–Crippen LogP) is 2.19. The van der Waals surface area contributed by atoms with Gasteiger partial charge in [0.1, 0.15) is 17.9 Å². The molecule has 1 rings (SSSR count). The van der Waals surface area contributed by atoms with Crippen molar-refractivity contribution in [1.29, 1.82) is 0 Å². The van der Waals surface area contributed by atoms with Crippen molar-refractivity contribution in [2.24, 2.45) is 15.1 Å². The summed E-state index contributed by atoms with van der Waals surface area (Å²) in [6.07, 6.45) is 1.49. The number of nitrogens with zero attached hydrogens (tertiary/aromatic N) is 4. The summed E-state index contributed by atoms with van der Waals surface area (Å²) in [6.45, 7) is 6.02. The molecule has 0 bridgehead atoms. The molecule has 0 unspecified atom stereocenters. The molecule has 5 heteroatoms. The molecule has 1 aromatic rings. The van der Waals surface area contributed by atoms with E-state index >= 15 is 0 Å². The summed E-state index contributed by atoms with van der Waals surface area (Å²) in [6, 6.07) is 7.80. The van der Waals surface area contributed by atoms with Gasteiger partial charge in [-0.2, -0.15) is 5.10 Å². The second kappa shape index (κ2) is 7.21. The van der Waals surface area contributed by atoms with Crippen LogP contribution in [0.2, 0.25) is 0 Å². The van der Waals surface area contributed by atoms with Crippen LogP contribution in [0.3, 0.4) is 0 Å². The van der Waals surface area contributed by atoms with Crippen molar-refractivity contribution in [2.75, 3.05) is 14.2 Å². The molecule has 0 aromatic heterocycles. The van der Waals surface area contributed by atoms with Gasteiger partial charge in [-0.15, -0.1) is 0 Å². The first-order valence-electron chi connectivity index (χ1n) is 5.53. The van der Waals surface area contributed by atoms with Crippen LogP contribution in [0.4, 0.5) is 0 Å². The van der Waals surface area contributed by atoms with Crippen LogP contribution in [-0.4, -0.2) is 38.1 Å². The van der Waals surface area contributed by atoms with E-state index < -0.39 is 0 Å². The van der Waals surface area contributed by atoms with Crippen LogP contribution in [0.5, 0.6) is 5.75 Å². The largest absolute Gasteiger partial charge is 0.497 e. The summed E-state index contributed by atoms with van der Waals surface area (Å²) >= 11 is 0. The van der Waals surface area contributed by atoms with Gasteiger partial charge in [0.2, 0.25) is 0 Å². The van der Waals surface area contributed by atoms with E-state index in [0.717, 1.165) is 17.1 Å². The Balaban J connectivity index is 2.75. The molecule has 1 aromatic carbocycles. The van der Waals surface area contributed by atoms with Gasteiger partial charge < -0.3 is 4.74 Å². The van der Waals surface area contributed by atoms with Crippen LogP contribution >= 0.6 is 0 Å². The molecule has 0 atom stereocenters.